The van der Waals surface area contributed by atoms with Crippen molar-refractivity contribution in [3.63, 3.8) is 0 Å². The average Bonchev–Trinajstić information content (AvgIpc) is 2.87. The molecule has 2 heteroatoms. The number of benzene rings is 1. The highest BCUT2D eigenvalue weighted by atomic mass is 16.5. The molecule has 0 unspecified atom stereocenters. The molecule has 0 amide bonds. The Labute approximate surface area is 110 Å². The van der Waals surface area contributed by atoms with E-state index in [1.807, 2.05) is 12.1 Å². The van der Waals surface area contributed by atoms with Gasteiger partial charge in [-0.15, -0.1) is 0 Å². The van der Waals surface area contributed by atoms with Crippen LogP contribution in [0.4, 0.5) is 0 Å². The normalized spacial score (nSPS) is 17.7. The van der Waals surface area contributed by atoms with Crippen LogP contribution in [0.5, 0.6) is 5.75 Å². The molecule has 0 bridgehead atoms. The van der Waals surface area contributed by atoms with Crippen LogP contribution in [0.3, 0.4) is 0 Å². The van der Waals surface area contributed by atoms with Crippen LogP contribution in [0, 0.1) is 17.2 Å². The molecular weight excluding hydrogens is 222 g/mol. The molecule has 1 fully saturated rings. The first kappa shape index (κ1) is 13.0. The first-order chi connectivity index (χ1) is 8.66. The van der Waals surface area contributed by atoms with E-state index in [-0.39, 0.29) is 5.41 Å². The Bertz CT molecular complexity index is 421. The van der Waals surface area contributed by atoms with Gasteiger partial charge in [-0.25, -0.2) is 0 Å². The van der Waals surface area contributed by atoms with E-state index in [1.165, 1.54) is 12.8 Å². The number of nitrogens with zero attached hydrogens (tertiary/aromatic N) is 1. The zero-order valence-electron chi connectivity index (χ0n) is 11.3. The topological polar surface area (TPSA) is 33.0 Å². The van der Waals surface area contributed by atoms with Crippen molar-refractivity contribution in [2.24, 2.45) is 5.92 Å². The zero-order valence-corrected chi connectivity index (χ0v) is 11.3. The summed E-state index contributed by atoms with van der Waals surface area (Å²) in [7, 11) is 0. The van der Waals surface area contributed by atoms with E-state index in [1.54, 1.807) is 0 Å². The smallest absolute Gasteiger partial charge is 0.119 e. The van der Waals surface area contributed by atoms with Crippen molar-refractivity contribution in [2.75, 3.05) is 6.61 Å². The molecular formula is C16H21NO. The molecule has 96 valence electrons. The monoisotopic (exact) mass is 243 g/mol. The van der Waals surface area contributed by atoms with Crippen molar-refractivity contribution in [1.82, 2.24) is 0 Å². The Hall–Kier alpha value is -1.49. The van der Waals surface area contributed by atoms with Gasteiger partial charge in [-0.2, -0.15) is 5.26 Å². The number of hydrogen-bond donors (Lipinski definition) is 0. The lowest BCUT2D eigenvalue weighted by Crippen LogP contribution is -2.19. The van der Waals surface area contributed by atoms with Crippen LogP contribution in [-0.2, 0) is 5.41 Å². The summed E-state index contributed by atoms with van der Waals surface area (Å²) in [6.45, 7) is 5.01. The molecule has 2 rings (SSSR count). The van der Waals surface area contributed by atoms with Crippen LogP contribution in [0.25, 0.3) is 0 Å². The molecule has 1 aromatic carbocycles. The minimum absolute atomic E-state index is 0.240. The van der Waals surface area contributed by atoms with Crippen molar-refractivity contribution in [2.45, 2.75) is 44.9 Å². The molecule has 0 aromatic heterocycles. The van der Waals surface area contributed by atoms with Crippen molar-refractivity contribution in [3.8, 4) is 11.8 Å². The Morgan fingerprint density at radius 1 is 1.22 bits per heavy atom. The van der Waals surface area contributed by atoms with Gasteiger partial charge in [0.1, 0.15) is 5.75 Å². The molecule has 1 aromatic rings. The standard InChI is InChI=1S/C16H21NO/c1-13(2)11-18-15-7-5-14(6-8-15)16(12-17)9-3-4-10-16/h5-8,13H,3-4,9-11H2,1-2H3. The molecule has 0 radical (unpaired) electrons. The molecule has 2 nitrogen and oxygen atoms in total. The highest BCUT2D eigenvalue weighted by Crippen LogP contribution is 2.40. The first-order valence-corrected chi connectivity index (χ1v) is 6.81. The maximum absolute atomic E-state index is 9.43. The Balaban J connectivity index is 2.10. The van der Waals surface area contributed by atoms with Gasteiger partial charge in [-0.05, 0) is 36.5 Å². The van der Waals surface area contributed by atoms with E-state index in [2.05, 4.69) is 32.0 Å². The van der Waals surface area contributed by atoms with Crippen LogP contribution in [-0.4, -0.2) is 6.61 Å². The molecule has 0 heterocycles. The molecule has 0 aliphatic heterocycles. The summed E-state index contributed by atoms with van der Waals surface area (Å²) in [6.07, 6.45) is 4.32. The van der Waals surface area contributed by atoms with Gasteiger partial charge in [0, 0.05) is 0 Å². The lowest BCUT2D eigenvalue weighted by molar-refractivity contribution is 0.271. The summed E-state index contributed by atoms with van der Waals surface area (Å²) in [5, 5.41) is 9.43. The molecule has 0 saturated heterocycles. The van der Waals surface area contributed by atoms with Crippen LogP contribution in [0.15, 0.2) is 24.3 Å². The molecule has 0 atom stereocenters. The molecule has 1 aliphatic carbocycles. The number of rotatable bonds is 4. The Morgan fingerprint density at radius 2 is 1.83 bits per heavy atom. The van der Waals surface area contributed by atoms with E-state index in [0.717, 1.165) is 30.8 Å². The van der Waals surface area contributed by atoms with Gasteiger partial charge in [0.15, 0.2) is 0 Å². The fraction of sp³-hybridized carbons (Fsp3) is 0.562. The van der Waals surface area contributed by atoms with E-state index >= 15 is 0 Å². The van der Waals surface area contributed by atoms with Crippen LogP contribution in [0.2, 0.25) is 0 Å². The summed E-state index contributed by atoms with van der Waals surface area (Å²) in [6, 6.07) is 10.6. The molecule has 18 heavy (non-hydrogen) atoms. The largest absolute Gasteiger partial charge is 0.493 e. The highest BCUT2D eigenvalue weighted by Gasteiger charge is 2.35. The van der Waals surface area contributed by atoms with Gasteiger partial charge in [-0.3, -0.25) is 0 Å². The lowest BCUT2D eigenvalue weighted by atomic mass is 9.80. The van der Waals surface area contributed by atoms with E-state index < -0.39 is 0 Å². The zero-order chi connectivity index (χ0) is 13.0. The minimum atomic E-state index is -0.240. The molecule has 1 aliphatic rings. The van der Waals surface area contributed by atoms with Gasteiger partial charge in [0.05, 0.1) is 18.1 Å². The van der Waals surface area contributed by atoms with Gasteiger partial charge in [0.25, 0.3) is 0 Å². The number of nitriles is 1. The van der Waals surface area contributed by atoms with Crippen molar-refractivity contribution in [3.05, 3.63) is 29.8 Å². The van der Waals surface area contributed by atoms with Crippen LogP contribution >= 0.6 is 0 Å². The first-order valence-electron chi connectivity index (χ1n) is 6.81. The fourth-order valence-electron chi connectivity index (χ4n) is 2.58. The van der Waals surface area contributed by atoms with E-state index in [0.29, 0.717) is 5.92 Å². The third-order valence-corrected chi connectivity index (χ3v) is 3.66. The van der Waals surface area contributed by atoms with E-state index in [9.17, 15) is 5.26 Å². The quantitative estimate of drug-likeness (QED) is 0.799. The van der Waals surface area contributed by atoms with Gasteiger partial charge >= 0.3 is 0 Å². The summed E-state index contributed by atoms with van der Waals surface area (Å²) in [5.74, 6) is 1.43. The van der Waals surface area contributed by atoms with Crippen molar-refractivity contribution in [1.29, 1.82) is 5.26 Å². The average molecular weight is 243 g/mol. The molecule has 0 N–H and O–H groups in total. The number of hydrogen-bond acceptors (Lipinski definition) is 2. The minimum Gasteiger partial charge on any atom is -0.493 e. The second-order valence-electron chi connectivity index (χ2n) is 5.63. The van der Waals surface area contributed by atoms with Crippen LogP contribution < -0.4 is 4.74 Å². The van der Waals surface area contributed by atoms with Crippen molar-refractivity contribution >= 4 is 0 Å². The summed E-state index contributed by atoms with van der Waals surface area (Å²) in [4.78, 5) is 0. The second-order valence-corrected chi connectivity index (χ2v) is 5.63. The lowest BCUT2D eigenvalue weighted by Gasteiger charge is -2.21. The van der Waals surface area contributed by atoms with Crippen LogP contribution in [0.1, 0.15) is 45.1 Å². The van der Waals surface area contributed by atoms with E-state index in [4.69, 9.17) is 4.74 Å². The molecule has 0 spiro atoms. The SMILES string of the molecule is CC(C)COc1ccc(C2(C#N)CCCC2)cc1. The summed E-state index contributed by atoms with van der Waals surface area (Å²) in [5.41, 5.74) is 0.913. The Morgan fingerprint density at radius 3 is 2.33 bits per heavy atom. The second kappa shape index (κ2) is 5.44. The summed E-state index contributed by atoms with van der Waals surface area (Å²) >= 11 is 0. The fourth-order valence-corrected chi connectivity index (χ4v) is 2.58. The van der Waals surface area contributed by atoms with Crippen molar-refractivity contribution < 1.29 is 4.74 Å². The maximum atomic E-state index is 9.43. The number of ether oxygens (including phenoxy) is 1. The third kappa shape index (κ3) is 2.67. The predicted octanol–water partition coefficient (Wildman–Crippen LogP) is 4.06. The van der Waals surface area contributed by atoms with Gasteiger partial charge in [-0.1, -0.05) is 38.8 Å². The molecule has 1 saturated carbocycles. The van der Waals surface area contributed by atoms with Gasteiger partial charge < -0.3 is 4.74 Å². The summed E-state index contributed by atoms with van der Waals surface area (Å²) < 4.78 is 5.67. The maximum Gasteiger partial charge on any atom is 0.119 e. The predicted molar refractivity (Wildman–Crippen MR) is 72.5 cm³/mol. The van der Waals surface area contributed by atoms with Gasteiger partial charge in [0.2, 0.25) is 0 Å². The third-order valence-electron chi connectivity index (χ3n) is 3.66. The highest BCUT2D eigenvalue weighted by molar-refractivity contribution is 5.37. The Kier molecular flexibility index (Phi) is 3.91.